The highest BCUT2D eigenvalue weighted by Gasteiger charge is 2.11. The fourth-order valence-electron chi connectivity index (χ4n) is 1.34. The molecule has 1 aromatic rings. The summed E-state index contributed by atoms with van der Waals surface area (Å²) in [5.41, 5.74) is 0.559. The predicted molar refractivity (Wildman–Crippen MR) is 71.5 cm³/mol. The SMILES string of the molecule is CCS(=O)(=O)c1ccc(NC(=O)NC(C)C)cc1. The molecule has 0 aliphatic heterocycles. The number of benzene rings is 1. The maximum Gasteiger partial charge on any atom is 0.319 e. The van der Waals surface area contributed by atoms with Gasteiger partial charge in [-0.15, -0.1) is 0 Å². The van der Waals surface area contributed by atoms with E-state index in [-0.39, 0.29) is 22.7 Å². The van der Waals surface area contributed by atoms with Crippen molar-refractivity contribution in [3.8, 4) is 0 Å². The smallest absolute Gasteiger partial charge is 0.319 e. The van der Waals surface area contributed by atoms with Crippen LogP contribution in [0.1, 0.15) is 20.8 Å². The van der Waals surface area contributed by atoms with Crippen LogP contribution in [-0.4, -0.2) is 26.2 Å². The standard InChI is InChI=1S/C12H18N2O3S/c1-4-18(16,17)11-7-5-10(6-8-11)14-12(15)13-9(2)3/h5-9H,4H2,1-3H3,(H2,13,14,15). The van der Waals surface area contributed by atoms with E-state index in [1.165, 1.54) is 12.1 Å². The lowest BCUT2D eigenvalue weighted by Gasteiger charge is -2.10. The maximum absolute atomic E-state index is 11.6. The quantitative estimate of drug-likeness (QED) is 0.878. The summed E-state index contributed by atoms with van der Waals surface area (Å²) in [5, 5.41) is 5.30. The molecular weight excluding hydrogens is 252 g/mol. The summed E-state index contributed by atoms with van der Waals surface area (Å²) in [4.78, 5) is 11.7. The largest absolute Gasteiger partial charge is 0.336 e. The van der Waals surface area contributed by atoms with Crippen molar-refractivity contribution in [2.24, 2.45) is 0 Å². The van der Waals surface area contributed by atoms with Crippen LogP contribution >= 0.6 is 0 Å². The van der Waals surface area contributed by atoms with E-state index in [4.69, 9.17) is 0 Å². The Morgan fingerprint density at radius 3 is 2.22 bits per heavy atom. The number of urea groups is 1. The molecule has 2 N–H and O–H groups in total. The number of hydrogen-bond donors (Lipinski definition) is 2. The second-order valence-corrected chi connectivity index (χ2v) is 6.46. The number of carbonyl (C=O) groups excluding carboxylic acids is 1. The highest BCUT2D eigenvalue weighted by atomic mass is 32.2. The Morgan fingerprint density at radius 2 is 1.78 bits per heavy atom. The summed E-state index contributed by atoms with van der Waals surface area (Å²) in [6.45, 7) is 5.31. The molecule has 100 valence electrons. The summed E-state index contributed by atoms with van der Waals surface area (Å²) in [5.74, 6) is 0.0631. The number of rotatable bonds is 4. The Bertz CT molecular complexity index is 507. The fourth-order valence-corrected chi connectivity index (χ4v) is 2.23. The van der Waals surface area contributed by atoms with E-state index in [0.29, 0.717) is 5.69 Å². The van der Waals surface area contributed by atoms with Crippen LogP contribution in [0.4, 0.5) is 10.5 Å². The van der Waals surface area contributed by atoms with Crippen molar-refractivity contribution in [1.82, 2.24) is 5.32 Å². The molecule has 0 fully saturated rings. The molecule has 0 heterocycles. The highest BCUT2D eigenvalue weighted by Crippen LogP contribution is 2.15. The van der Waals surface area contributed by atoms with Gasteiger partial charge < -0.3 is 10.6 Å². The summed E-state index contributed by atoms with van der Waals surface area (Å²) < 4.78 is 23.2. The number of anilines is 1. The van der Waals surface area contributed by atoms with Gasteiger partial charge in [-0.2, -0.15) is 0 Å². The summed E-state index contributed by atoms with van der Waals surface area (Å²) in [6.07, 6.45) is 0. The summed E-state index contributed by atoms with van der Waals surface area (Å²) in [6, 6.07) is 5.86. The Morgan fingerprint density at radius 1 is 1.22 bits per heavy atom. The molecule has 1 aromatic carbocycles. The highest BCUT2D eigenvalue weighted by molar-refractivity contribution is 7.91. The average molecular weight is 270 g/mol. The fraction of sp³-hybridized carbons (Fsp3) is 0.417. The van der Waals surface area contributed by atoms with Crippen LogP contribution in [0.3, 0.4) is 0 Å². The normalized spacial score (nSPS) is 11.3. The molecule has 0 spiro atoms. The lowest BCUT2D eigenvalue weighted by Crippen LogP contribution is -2.34. The third-order valence-corrected chi connectivity index (χ3v) is 4.02. The molecule has 5 nitrogen and oxygen atoms in total. The molecule has 0 aromatic heterocycles. The van der Waals surface area contributed by atoms with Gasteiger partial charge in [0, 0.05) is 11.7 Å². The number of carbonyl (C=O) groups is 1. The van der Waals surface area contributed by atoms with Crippen molar-refractivity contribution >= 4 is 21.6 Å². The lowest BCUT2D eigenvalue weighted by molar-refractivity contribution is 0.250. The van der Waals surface area contributed by atoms with Crippen LogP contribution in [0.15, 0.2) is 29.2 Å². The Kier molecular flexibility index (Phi) is 4.72. The molecule has 1 rings (SSSR count). The first-order valence-electron chi connectivity index (χ1n) is 5.75. The number of sulfone groups is 1. The van der Waals surface area contributed by atoms with Crippen LogP contribution in [0.25, 0.3) is 0 Å². The van der Waals surface area contributed by atoms with Gasteiger partial charge in [0.05, 0.1) is 10.6 Å². The zero-order valence-electron chi connectivity index (χ0n) is 10.7. The van der Waals surface area contributed by atoms with E-state index in [9.17, 15) is 13.2 Å². The molecule has 0 bridgehead atoms. The number of amides is 2. The van der Waals surface area contributed by atoms with Crippen LogP contribution < -0.4 is 10.6 Å². The number of hydrogen-bond acceptors (Lipinski definition) is 3. The first-order valence-corrected chi connectivity index (χ1v) is 7.40. The lowest BCUT2D eigenvalue weighted by atomic mass is 10.3. The second kappa shape index (κ2) is 5.86. The molecule has 0 radical (unpaired) electrons. The van der Waals surface area contributed by atoms with Crippen molar-refractivity contribution in [2.75, 3.05) is 11.1 Å². The van der Waals surface area contributed by atoms with Crippen molar-refractivity contribution in [3.63, 3.8) is 0 Å². The van der Waals surface area contributed by atoms with Crippen molar-refractivity contribution in [1.29, 1.82) is 0 Å². The first-order chi connectivity index (χ1) is 8.35. The molecule has 6 heteroatoms. The minimum atomic E-state index is -3.19. The van der Waals surface area contributed by atoms with Crippen LogP contribution in [0.5, 0.6) is 0 Å². The molecule has 0 atom stereocenters. The van der Waals surface area contributed by atoms with Crippen molar-refractivity contribution < 1.29 is 13.2 Å². The summed E-state index contributed by atoms with van der Waals surface area (Å²) in [7, 11) is -3.19. The van der Waals surface area contributed by atoms with Gasteiger partial charge in [0.15, 0.2) is 9.84 Å². The third kappa shape index (κ3) is 4.03. The van der Waals surface area contributed by atoms with E-state index in [0.717, 1.165) is 0 Å². The van der Waals surface area contributed by atoms with Crippen LogP contribution in [0, 0.1) is 0 Å². The monoisotopic (exact) mass is 270 g/mol. The van der Waals surface area contributed by atoms with Crippen LogP contribution in [-0.2, 0) is 9.84 Å². The average Bonchev–Trinajstić information content (AvgIpc) is 2.28. The molecular formula is C12H18N2O3S. The topological polar surface area (TPSA) is 75.3 Å². The Hall–Kier alpha value is -1.56. The van der Waals surface area contributed by atoms with E-state index in [1.807, 2.05) is 13.8 Å². The van der Waals surface area contributed by atoms with Gasteiger partial charge in [-0.1, -0.05) is 6.92 Å². The van der Waals surface area contributed by atoms with Gasteiger partial charge in [-0.05, 0) is 38.1 Å². The van der Waals surface area contributed by atoms with E-state index >= 15 is 0 Å². The Balaban J connectivity index is 2.75. The molecule has 0 saturated heterocycles. The zero-order valence-corrected chi connectivity index (χ0v) is 11.5. The van der Waals surface area contributed by atoms with Gasteiger partial charge in [0.25, 0.3) is 0 Å². The van der Waals surface area contributed by atoms with Gasteiger partial charge >= 0.3 is 6.03 Å². The van der Waals surface area contributed by atoms with Crippen molar-refractivity contribution in [2.45, 2.75) is 31.7 Å². The molecule has 0 aliphatic rings. The second-order valence-electron chi connectivity index (χ2n) is 4.18. The minimum absolute atomic E-state index is 0.0461. The number of nitrogens with one attached hydrogen (secondary N) is 2. The van der Waals surface area contributed by atoms with Crippen LogP contribution in [0.2, 0.25) is 0 Å². The van der Waals surface area contributed by atoms with Gasteiger partial charge in [0.2, 0.25) is 0 Å². The van der Waals surface area contributed by atoms with E-state index in [2.05, 4.69) is 10.6 Å². The molecule has 0 aliphatic carbocycles. The molecule has 2 amide bonds. The van der Waals surface area contributed by atoms with Crippen molar-refractivity contribution in [3.05, 3.63) is 24.3 Å². The van der Waals surface area contributed by atoms with Gasteiger partial charge in [0.1, 0.15) is 0 Å². The van der Waals surface area contributed by atoms with E-state index < -0.39 is 9.84 Å². The first kappa shape index (κ1) is 14.5. The molecule has 0 unspecified atom stereocenters. The molecule has 0 saturated carbocycles. The minimum Gasteiger partial charge on any atom is -0.336 e. The van der Waals surface area contributed by atoms with E-state index in [1.54, 1.807) is 19.1 Å². The summed E-state index contributed by atoms with van der Waals surface area (Å²) >= 11 is 0. The maximum atomic E-state index is 11.6. The van der Waals surface area contributed by atoms with Gasteiger partial charge in [-0.3, -0.25) is 0 Å². The zero-order chi connectivity index (χ0) is 13.8. The van der Waals surface area contributed by atoms with Gasteiger partial charge in [-0.25, -0.2) is 13.2 Å². The molecule has 18 heavy (non-hydrogen) atoms. The predicted octanol–water partition coefficient (Wildman–Crippen LogP) is 2.01. The third-order valence-electron chi connectivity index (χ3n) is 2.27. The Labute approximate surface area is 108 Å².